The molecule has 138 valence electrons. The highest BCUT2D eigenvalue weighted by Gasteiger charge is 2.13. The first-order valence-electron chi connectivity index (χ1n) is 8.65. The van der Waals surface area contributed by atoms with E-state index in [2.05, 4.69) is 5.32 Å². The first-order valence-corrected chi connectivity index (χ1v) is 8.65. The number of likely N-dealkylation sites (N-methyl/N-ethyl adjacent to an activating group) is 1. The standard InChI is InChI=1S/C21H26N2O3/c1-15-6-9-18(10-7-15)22-20(24)14-23(4)21(25)11-12-26-19-13-16(2)5-8-17(19)3/h5-10,13H,11-12,14H2,1-4H3,(H,22,24). The number of carbonyl (C=O) groups is 2. The number of ether oxygens (including phenoxy) is 1. The largest absolute Gasteiger partial charge is 0.493 e. The van der Waals surface area contributed by atoms with Crippen molar-refractivity contribution in [3.05, 3.63) is 59.2 Å². The van der Waals surface area contributed by atoms with Gasteiger partial charge >= 0.3 is 0 Å². The highest BCUT2D eigenvalue weighted by Crippen LogP contribution is 2.19. The lowest BCUT2D eigenvalue weighted by Gasteiger charge is -2.17. The molecule has 0 spiro atoms. The summed E-state index contributed by atoms with van der Waals surface area (Å²) in [6, 6.07) is 13.5. The van der Waals surface area contributed by atoms with E-state index in [0.29, 0.717) is 0 Å². The van der Waals surface area contributed by atoms with Gasteiger partial charge in [0.25, 0.3) is 0 Å². The molecule has 0 bridgehead atoms. The molecular formula is C21H26N2O3. The number of aryl methyl sites for hydroxylation is 3. The molecule has 1 N–H and O–H groups in total. The van der Waals surface area contributed by atoms with Gasteiger partial charge in [-0.25, -0.2) is 0 Å². The van der Waals surface area contributed by atoms with E-state index in [-0.39, 0.29) is 31.4 Å². The quantitative estimate of drug-likeness (QED) is 0.828. The molecule has 5 nitrogen and oxygen atoms in total. The Morgan fingerprint density at radius 2 is 1.65 bits per heavy atom. The van der Waals surface area contributed by atoms with Crippen LogP contribution in [0.15, 0.2) is 42.5 Å². The van der Waals surface area contributed by atoms with Crippen LogP contribution in [0.3, 0.4) is 0 Å². The number of nitrogens with zero attached hydrogens (tertiary/aromatic N) is 1. The molecule has 0 aliphatic rings. The lowest BCUT2D eigenvalue weighted by molar-refractivity contribution is -0.133. The van der Waals surface area contributed by atoms with E-state index in [1.165, 1.54) is 4.90 Å². The Hall–Kier alpha value is -2.82. The number of anilines is 1. The summed E-state index contributed by atoms with van der Waals surface area (Å²) in [4.78, 5) is 25.6. The summed E-state index contributed by atoms with van der Waals surface area (Å²) in [6.45, 7) is 6.25. The van der Waals surface area contributed by atoms with Gasteiger partial charge in [0.15, 0.2) is 0 Å². The minimum atomic E-state index is -0.222. The summed E-state index contributed by atoms with van der Waals surface area (Å²) in [6.07, 6.45) is 0.224. The molecule has 0 saturated carbocycles. The van der Waals surface area contributed by atoms with E-state index in [1.54, 1.807) is 7.05 Å². The Morgan fingerprint density at radius 1 is 1.00 bits per heavy atom. The normalized spacial score (nSPS) is 10.3. The van der Waals surface area contributed by atoms with E-state index >= 15 is 0 Å². The lowest BCUT2D eigenvalue weighted by Crippen LogP contribution is -2.35. The van der Waals surface area contributed by atoms with Gasteiger partial charge in [-0.1, -0.05) is 29.8 Å². The average Bonchev–Trinajstić information content (AvgIpc) is 2.59. The molecule has 0 radical (unpaired) electrons. The fraction of sp³-hybridized carbons (Fsp3) is 0.333. The van der Waals surface area contributed by atoms with Crippen molar-refractivity contribution in [3.8, 4) is 5.75 Å². The summed E-state index contributed by atoms with van der Waals surface area (Å²) in [5.41, 5.74) is 3.99. The van der Waals surface area contributed by atoms with Crippen molar-refractivity contribution in [3.63, 3.8) is 0 Å². The first kappa shape index (κ1) is 19.5. The van der Waals surface area contributed by atoms with Crippen molar-refractivity contribution in [2.75, 3.05) is 25.5 Å². The van der Waals surface area contributed by atoms with E-state index in [9.17, 15) is 9.59 Å². The number of hydrogen-bond acceptors (Lipinski definition) is 3. The van der Waals surface area contributed by atoms with Crippen LogP contribution < -0.4 is 10.1 Å². The number of benzene rings is 2. The zero-order chi connectivity index (χ0) is 19.1. The van der Waals surface area contributed by atoms with Gasteiger partial charge in [0.1, 0.15) is 5.75 Å². The van der Waals surface area contributed by atoms with Gasteiger partial charge in [-0.15, -0.1) is 0 Å². The van der Waals surface area contributed by atoms with Gasteiger partial charge in [0, 0.05) is 12.7 Å². The lowest BCUT2D eigenvalue weighted by atomic mass is 10.1. The Bertz CT molecular complexity index is 769. The van der Waals surface area contributed by atoms with Gasteiger partial charge in [0.2, 0.25) is 11.8 Å². The van der Waals surface area contributed by atoms with Crippen LogP contribution in [0.2, 0.25) is 0 Å². The second-order valence-corrected chi connectivity index (χ2v) is 6.53. The number of amides is 2. The number of nitrogens with one attached hydrogen (secondary N) is 1. The summed E-state index contributed by atoms with van der Waals surface area (Å²) in [5.74, 6) is 0.437. The summed E-state index contributed by atoms with van der Waals surface area (Å²) in [7, 11) is 1.62. The van der Waals surface area contributed by atoms with Crippen LogP contribution >= 0.6 is 0 Å². The molecule has 0 aliphatic carbocycles. The molecule has 2 rings (SSSR count). The molecule has 26 heavy (non-hydrogen) atoms. The first-order chi connectivity index (χ1) is 12.3. The molecule has 2 aromatic rings. The van der Waals surface area contributed by atoms with Crippen LogP contribution in [0, 0.1) is 20.8 Å². The Kier molecular flexibility index (Phi) is 6.78. The Labute approximate surface area is 155 Å². The van der Waals surface area contributed by atoms with E-state index in [1.807, 2.05) is 63.2 Å². The van der Waals surface area contributed by atoms with E-state index in [4.69, 9.17) is 4.74 Å². The van der Waals surface area contributed by atoms with E-state index in [0.717, 1.165) is 28.1 Å². The van der Waals surface area contributed by atoms with Crippen LogP contribution in [-0.2, 0) is 9.59 Å². The van der Waals surface area contributed by atoms with Crippen molar-refractivity contribution in [1.82, 2.24) is 4.90 Å². The maximum atomic E-state index is 12.2. The summed E-state index contributed by atoms with van der Waals surface area (Å²) >= 11 is 0. The smallest absolute Gasteiger partial charge is 0.243 e. The zero-order valence-electron chi connectivity index (χ0n) is 15.8. The molecule has 5 heteroatoms. The van der Waals surface area contributed by atoms with Crippen molar-refractivity contribution < 1.29 is 14.3 Å². The van der Waals surface area contributed by atoms with Crippen molar-refractivity contribution in [2.45, 2.75) is 27.2 Å². The zero-order valence-corrected chi connectivity index (χ0v) is 15.8. The van der Waals surface area contributed by atoms with Crippen LogP contribution in [-0.4, -0.2) is 36.9 Å². The van der Waals surface area contributed by atoms with Crippen molar-refractivity contribution in [1.29, 1.82) is 0 Å². The molecule has 0 unspecified atom stereocenters. The molecule has 2 amide bonds. The van der Waals surface area contributed by atoms with Crippen molar-refractivity contribution in [2.24, 2.45) is 0 Å². The van der Waals surface area contributed by atoms with Gasteiger partial charge in [-0.2, -0.15) is 0 Å². The minimum absolute atomic E-state index is 0.0101. The third-order valence-electron chi connectivity index (χ3n) is 4.06. The molecule has 2 aromatic carbocycles. The van der Waals surface area contributed by atoms with Gasteiger partial charge in [0.05, 0.1) is 19.6 Å². The van der Waals surface area contributed by atoms with Crippen LogP contribution in [0.1, 0.15) is 23.1 Å². The second-order valence-electron chi connectivity index (χ2n) is 6.53. The number of hydrogen-bond donors (Lipinski definition) is 1. The predicted molar refractivity (Wildman–Crippen MR) is 103 cm³/mol. The maximum absolute atomic E-state index is 12.2. The Morgan fingerprint density at radius 3 is 2.35 bits per heavy atom. The second kappa shape index (κ2) is 9.04. The SMILES string of the molecule is Cc1ccc(NC(=O)CN(C)C(=O)CCOc2cc(C)ccc2C)cc1. The van der Waals surface area contributed by atoms with Gasteiger partial charge < -0.3 is 15.0 Å². The topological polar surface area (TPSA) is 58.6 Å². The fourth-order valence-electron chi connectivity index (χ4n) is 2.44. The molecule has 0 aromatic heterocycles. The highest BCUT2D eigenvalue weighted by molar-refractivity contribution is 5.94. The van der Waals surface area contributed by atoms with E-state index < -0.39 is 0 Å². The predicted octanol–water partition coefficient (Wildman–Crippen LogP) is 3.48. The molecule has 0 fully saturated rings. The molecule has 0 saturated heterocycles. The average molecular weight is 354 g/mol. The third kappa shape index (κ3) is 5.92. The fourth-order valence-corrected chi connectivity index (χ4v) is 2.44. The van der Waals surface area contributed by atoms with Crippen LogP contribution in [0.5, 0.6) is 5.75 Å². The van der Waals surface area contributed by atoms with Crippen LogP contribution in [0.4, 0.5) is 5.69 Å². The summed E-state index contributed by atoms with van der Waals surface area (Å²) in [5, 5.41) is 2.79. The molecule has 0 atom stereocenters. The van der Waals surface area contributed by atoms with Gasteiger partial charge in [-0.05, 0) is 50.1 Å². The number of carbonyl (C=O) groups excluding carboxylic acids is 2. The minimum Gasteiger partial charge on any atom is -0.493 e. The number of rotatable bonds is 7. The Balaban J connectivity index is 1.77. The molecule has 0 aliphatic heterocycles. The van der Waals surface area contributed by atoms with Gasteiger partial charge in [-0.3, -0.25) is 9.59 Å². The van der Waals surface area contributed by atoms with Crippen LogP contribution in [0.25, 0.3) is 0 Å². The monoisotopic (exact) mass is 354 g/mol. The molecular weight excluding hydrogens is 328 g/mol. The maximum Gasteiger partial charge on any atom is 0.243 e. The highest BCUT2D eigenvalue weighted by atomic mass is 16.5. The molecule has 0 heterocycles. The van der Waals surface area contributed by atoms with Crippen molar-refractivity contribution >= 4 is 17.5 Å². The summed E-state index contributed by atoms with van der Waals surface area (Å²) < 4.78 is 5.70. The third-order valence-corrected chi connectivity index (χ3v) is 4.06.